The van der Waals surface area contributed by atoms with Gasteiger partial charge in [-0.05, 0) is 31.2 Å². The van der Waals surface area contributed by atoms with Crippen LogP contribution in [0.1, 0.15) is 31.0 Å². The molecule has 0 N–H and O–H groups in total. The maximum absolute atomic E-state index is 11.6. The van der Waals surface area contributed by atoms with E-state index in [9.17, 15) is 4.79 Å². The second-order valence-corrected chi connectivity index (χ2v) is 3.75. The van der Waals surface area contributed by atoms with Crippen molar-refractivity contribution in [1.82, 2.24) is 4.57 Å². The summed E-state index contributed by atoms with van der Waals surface area (Å²) < 4.78 is 1.62. The lowest BCUT2D eigenvalue weighted by Crippen LogP contribution is -2.20. The zero-order valence-electron chi connectivity index (χ0n) is 9.16. The molecule has 0 amide bonds. The Morgan fingerprint density at radius 2 is 2.07 bits per heavy atom. The van der Waals surface area contributed by atoms with E-state index in [1.54, 1.807) is 11.6 Å². The van der Waals surface area contributed by atoms with Crippen molar-refractivity contribution >= 4 is 12.4 Å². The fourth-order valence-electron chi connectivity index (χ4n) is 1.53. The summed E-state index contributed by atoms with van der Waals surface area (Å²) in [6.45, 7) is 9.54. The number of nitrogens with zero attached hydrogens (tertiary/aromatic N) is 2. The predicted molar refractivity (Wildman–Crippen MR) is 59.7 cm³/mol. The Kier molecular flexibility index (Phi) is 2.89. The van der Waals surface area contributed by atoms with Gasteiger partial charge in [0.05, 0.1) is 0 Å². The molecule has 0 atom stereocenters. The van der Waals surface area contributed by atoms with Crippen LogP contribution >= 0.6 is 0 Å². The van der Waals surface area contributed by atoms with Gasteiger partial charge in [0.1, 0.15) is 5.69 Å². The standard InChI is InChI=1S/C11H16N2O/c1-7(2)9-6-10(12-4)11(14)13(5)8(9)3/h6-7H,4H2,1-3,5H3. The highest BCUT2D eigenvalue weighted by Crippen LogP contribution is 2.20. The third-order valence-corrected chi connectivity index (χ3v) is 2.53. The summed E-state index contributed by atoms with van der Waals surface area (Å²) in [4.78, 5) is 15.4. The van der Waals surface area contributed by atoms with Gasteiger partial charge in [0, 0.05) is 12.7 Å². The number of rotatable bonds is 2. The zero-order valence-corrected chi connectivity index (χ0v) is 9.16. The SMILES string of the molecule is C=Nc1cc(C(C)C)c(C)n(C)c1=O. The van der Waals surface area contributed by atoms with E-state index < -0.39 is 0 Å². The molecule has 1 heterocycles. The van der Waals surface area contributed by atoms with Crippen molar-refractivity contribution < 1.29 is 0 Å². The van der Waals surface area contributed by atoms with Crippen molar-refractivity contribution in [3.05, 3.63) is 27.7 Å². The van der Waals surface area contributed by atoms with E-state index in [1.807, 2.05) is 13.0 Å². The molecule has 0 unspecified atom stereocenters. The van der Waals surface area contributed by atoms with Crippen LogP contribution in [0, 0.1) is 6.92 Å². The Morgan fingerprint density at radius 3 is 2.50 bits per heavy atom. The van der Waals surface area contributed by atoms with Gasteiger partial charge in [-0.15, -0.1) is 0 Å². The molecule has 1 rings (SSSR count). The minimum Gasteiger partial charge on any atom is -0.314 e. The van der Waals surface area contributed by atoms with Crippen molar-refractivity contribution in [3.63, 3.8) is 0 Å². The molecular weight excluding hydrogens is 176 g/mol. The van der Waals surface area contributed by atoms with Crippen molar-refractivity contribution in [2.45, 2.75) is 26.7 Å². The molecule has 0 fully saturated rings. The second-order valence-electron chi connectivity index (χ2n) is 3.75. The summed E-state index contributed by atoms with van der Waals surface area (Å²) in [7, 11) is 1.76. The minimum atomic E-state index is -0.0816. The number of aromatic nitrogens is 1. The normalized spacial score (nSPS) is 10.6. The molecule has 0 saturated carbocycles. The van der Waals surface area contributed by atoms with Gasteiger partial charge in [-0.2, -0.15) is 0 Å². The Bertz CT molecular complexity index is 416. The number of hydrogen-bond donors (Lipinski definition) is 0. The monoisotopic (exact) mass is 192 g/mol. The van der Waals surface area contributed by atoms with Crippen molar-refractivity contribution in [2.24, 2.45) is 12.0 Å². The van der Waals surface area contributed by atoms with Crippen molar-refractivity contribution in [2.75, 3.05) is 0 Å². The molecule has 0 radical (unpaired) electrons. The molecule has 3 nitrogen and oxygen atoms in total. The smallest absolute Gasteiger partial charge is 0.276 e. The van der Waals surface area contributed by atoms with Gasteiger partial charge in [0.25, 0.3) is 5.56 Å². The first-order valence-corrected chi connectivity index (χ1v) is 4.66. The molecular formula is C11H16N2O. The van der Waals surface area contributed by atoms with Gasteiger partial charge >= 0.3 is 0 Å². The minimum absolute atomic E-state index is 0.0816. The van der Waals surface area contributed by atoms with Crippen molar-refractivity contribution in [1.29, 1.82) is 0 Å². The van der Waals surface area contributed by atoms with Crippen LogP contribution in [-0.4, -0.2) is 11.3 Å². The van der Waals surface area contributed by atoms with Gasteiger partial charge in [0.2, 0.25) is 0 Å². The summed E-state index contributed by atoms with van der Waals surface area (Å²) in [5, 5.41) is 0. The largest absolute Gasteiger partial charge is 0.314 e. The lowest BCUT2D eigenvalue weighted by Gasteiger charge is -2.13. The van der Waals surface area contributed by atoms with Crippen LogP contribution in [-0.2, 0) is 7.05 Å². The lowest BCUT2D eigenvalue weighted by atomic mass is 10.0. The molecule has 3 heteroatoms. The maximum Gasteiger partial charge on any atom is 0.276 e. The average Bonchev–Trinajstić information content (AvgIpc) is 2.14. The predicted octanol–water partition coefficient (Wildman–Crippen LogP) is 2.15. The topological polar surface area (TPSA) is 34.4 Å². The molecule has 14 heavy (non-hydrogen) atoms. The van der Waals surface area contributed by atoms with Gasteiger partial charge < -0.3 is 4.57 Å². The third kappa shape index (κ3) is 1.62. The van der Waals surface area contributed by atoms with Gasteiger partial charge in [-0.3, -0.25) is 9.79 Å². The van der Waals surface area contributed by atoms with Crippen LogP contribution in [0.3, 0.4) is 0 Å². The molecule has 0 spiro atoms. The highest BCUT2D eigenvalue weighted by atomic mass is 16.1. The number of aliphatic imine (C=N–C) groups is 1. The molecule has 1 aromatic rings. The van der Waals surface area contributed by atoms with Gasteiger partial charge in [-0.1, -0.05) is 13.8 Å². The van der Waals surface area contributed by atoms with Crippen LogP contribution in [0.25, 0.3) is 0 Å². The van der Waals surface area contributed by atoms with Crippen LogP contribution < -0.4 is 5.56 Å². The van der Waals surface area contributed by atoms with Crippen LogP contribution in [0.2, 0.25) is 0 Å². The zero-order chi connectivity index (χ0) is 10.9. The summed E-state index contributed by atoms with van der Waals surface area (Å²) >= 11 is 0. The molecule has 0 saturated heterocycles. The molecule has 0 aliphatic heterocycles. The van der Waals surface area contributed by atoms with Gasteiger partial charge in [-0.25, -0.2) is 0 Å². The summed E-state index contributed by atoms with van der Waals surface area (Å²) in [5.74, 6) is 0.391. The Balaban J connectivity index is 3.56. The quantitative estimate of drug-likeness (QED) is 0.661. The molecule has 0 bridgehead atoms. The fourth-order valence-corrected chi connectivity index (χ4v) is 1.53. The first kappa shape index (κ1) is 10.7. The van der Waals surface area contributed by atoms with E-state index >= 15 is 0 Å². The van der Waals surface area contributed by atoms with E-state index in [-0.39, 0.29) is 5.56 Å². The fraction of sp³-hybridized carbons (Fsp3) is 0.455. The Labute approximate surface area is 84.1 Å². The van der Waals surface area contributed by atoms with Crippen LogP contribution in [0.15, 0.2) is 15.9 Å². The molecule has 0 aromatic carbocycles. The number of pyridine rings is 1. The first-order valence-electron chi connectivity index (χ1n) is 4.66. The highest BCUT2D eigenvalue weighted by molar-refractivity contribution is 5.47. The third-order valence-electron chi connectivity index (χ3n) is 2.53. The Hall–Kier alpha value is -1.38. The molecule has 1 aromatic heterocycles. The average molecular weight is 192 g/mol. The first-order chi connectivity index (χ1) is 6.49. The van der Waals surface area contributed by atoms with E-state index in [1.165, 1.54) is 0 Å². The molecule has 0 aliphatic carbocycles. The van der Waals surface area contributed by atoms with E-state index in [4.69, 9.17) is 0 Å². The van der Waals surface area contributed by atoms with E-state index in [2.05, 4.69) is 25.6 Å². The highest BCUT2D eigenvalue weighted by Gasteiger charge is 2.10. The molecule has 0 aliphatic rings. The maximum atomic E-state index is 11.6. The van der Waals surface area contributed by atoms with E-state index in [0.29, 0.717) is 11.6 Å². The number of hydrogen-bond acceptors (Lipinski definition) is 2. The van der Waals surface area contributed by atoms with Crippen molar-refractivity contribution in [3.8, 4) is 0 Å². The lowest BCUT2D eigenvalue weighted by molar-refractivity contribution is 0.760. The van der Waals surface area contributed by atoms with Crippen LogP contribution in [0.4, 0.5) is 5.69 Å². The molecule has 76 valence electrons. The summed E-state index contributed by atoms with van der Waals surface area (Å²) in [6.07, 6.45) is 0. The Morgan fingerprint density at radius 1 is 1.50 bits per heavy atom. The van der Waals surface area contributed by atoms with E-state index in [0.717, 1.165) is 11.3 Å². The second kappa shape index (κ2) is 3.78. The van der Waals surface area contributed by atoms with Gasteiger partial charge in [0.15, 0.2) is 0 Å². The summed E-state index contributed by atoms with van der Waals surface area (Å²) in [6, 6.07) is 1.83. The van der Waals surface area contributed by atoms with Crippen LogP contribution in [0.5, 0.6) is 0 Å². The summed E-state index contributed by atoms with van der Waals surface area (Å²) in [5.41, 5.74) is 2.50.